The van der Waals surface area contributed by atoms with Crippen LogP contribution >= 0.6 is 0 Å². The van der Waals surface area contributed by atoms with E-state index in [9.17, 15) is 9.59 Å². The Labute approximate surface area is 226 Å². The standard InChI is InChI=1S/C26H49N9O3/c1-21(26(37)38)17-15-16-20-27-23(36)19-14-12-10-8-6-4-2-3-5-7-9-11-13-18-22(24-28-32-33-29-24)25-30-34-35-31-25/h21-22,32-33H,2-20H2,1H3,(H,27,36)(H,28,29)(H,37,38)(H,30,31,34,35)/t21-,22?/m0/s1. The third kappa shape index (κ3) is 14.3. The van der Waals surface area contributed by atoms with Crippen molar-refractivity contribution in [2.75, 3.05) is 6.54 Å². The summed E-state index contributed by atoms with van der Waals surface area (Å²) in [7, 11) is 0. The van der Waals surface area contributed by atoms with Gasteiger partial charge in [0.05, 0.1) is 11.8 Å². The minimum Gasteiger partial charge on any atom is -0.481 e. The van der Waals surface area contributed by atoms with E-state index in [0.29, 0.717) is 19.4 Å². The minimum atomic E-state index is -0.746. The fraction of sp³-hybridized carbons (Fsp3) is 0.846. The number of hydrogen-bond acceptors (Lipinski definition) is 9. The molecule has 12 heteroatoms. The van der Waals surface area contributed by atoms with Crippen LogP contribution < -0.4 is 21.8 Å². The van der Waals surface area contributed by atoms with Gasteiger partial charge in [-0.15, -0.1) is 15.7 Å². The summed E-state index contributed by atoms with van der Waals surface area (Å²) in [4.78, 5) is 22.6. The van der Waals surface area contributed by atoms with E-state index in [1.54, 1.807) is 6.92 Å². The van der Waals surface area contributed by atoms with Crippen LogP contribution in [-0.4, -0.2) is 50.0 Å². The largest absolute Gasteiger partial charge is 0.481 e. The first-order chi connectivity index (χ1) is 18.6. The minimum absolute atomic E-state index is 0.0434. The molecule has 0 saturated carbocycles. The van der Waals surface area contributed by atoms with Gasteiger partial charge in [0.2, 0.25) is 5.91 Å². The highest BCUT2D eigenvalue weighted by molar-refractivity contribution is 5.88. The first-order valence-electron chi connectivity index (χ1n) is 14.6. The monoisotopic (exact) mass is 535 g/mol. The maximum Gasteiger partial charge on any atom is 0.306 e. The van der Waals surface area contributed by atoms with E-state index in [1.807, 2.05) is 0 Å². The lowest BCUT2D eigenvalue weighted by molar-refractivity contribution is -0.141. The quantitative estimate of drug-likeness (QED) is 0.107. The molecule has 2 atom stereocenters. The lowest BCUT2D eigenvalue weighted by Gasteiger charge is -2.12. The number of amidine groups is 1. The fourth-order valence-electron chi connectivity index (χ4n) is 4.68. The van der Waals surface area contributed by atoms with Crippen molar-refractivity contribution in [1.29, 1.82) is 0 Å². The first-order valence-corrected chi connectivity index (χ1v) is 14.6. The van der Waals surface area contributed by atoms with Gasteiger partial charge in [-0.05, 0) is 36.1 Å². The molecule has 0 bridgehead atoms. The van der Waals surface area contributed by atoms with Gasteiger partial charge in [0.1, 0.15) is 5.84 Å². The fourth-order valence-corrected chi connectivity index (χ4v) is 4.68. The average Bonchev–Trinajstić information content (AvgIpc) is 3.63. The molecule has 0 fully saturated rings. The van der Waals surface area contributed by atoms with Crippen molar-refractivity contribution >= 4 is 17.7 Å². The molecule has 0 spiro atoms. The lowest BCUT2D eigenvalue weighted by Crippen LogP contribution is -2.37. The van der Waals surface area contributed by atoms with E-state index in [2.05, 4.69) is 47.5 Å². The number of hydrazine groups is 2. The topological polar surface area (TPSA) is 169 Å². The Morgan fingerprint density at radius 3 is 2.00 bits per heavy atom. The second-order valence-corrected chi connectivity index (χ2v) is 10.4. The van der Waals surface area contributed by atoms with Crippen molar-refractivity contribution in [3.63, 3.8) is 0 Å². The molecule has 12 nitrogen and oxygen atoms in total. The number of H-pyrrole nitrogens is 1. The summed E-state index contributed by atoms with van der Waals surface area (Å²) < 4.78 is 0. The first kappa shape index (κ1) is 31.5. The number of tetrazole rings is 1. The molecule has 0 saturated heterocycles. The number of carbonyl (C=O) groups excluding carboxylic acids is 1. The van der Waals surface area contributed by atoms with Crippen molar-refractivity contribution < 1.29 is 14.7 Å². The Balaban J connectivity index is 1.31. The van der Waals surface area contributed by atoms with Gasteiger partial charge in [0.15, 0.2) is 5.82 Å². The molecule has 0 radical (unpaired) electrons. The zero-order valence-corrected chi connectivity index (χ0v) is 23.1. The molecule has 1 aromatic rings. The smallest absolute Gasteiger partial charge is 0.306 e. The SMILES string of the molecule is C[C@@H](CCCCNC(=O)CCCCCCCCCCCCCCCC(C1=NNNN1)c1nnn[nH]1)C(=O)O. The van der Waals surface area contributed by atoms with Crippen LogP contribution in [0.25, 0.3) is 0 Å². The Bertz CT molecular complexity index is 789. The number of unbranched alkanes of at least 4 members (excludes halogenated alkanes) is 13. The van der Waals surface area contributed by atoms with Crippen LogP contribution in [0.3, 0.4) is 0 Å². The molecule has 1 unspecified atom stereocenters. The zero-order valence-electron chi connectivity index (χ0n) is 23.1. The molecule has 0 aromatic carbocycles. The molecule has 1 amide bonds. The van der Waals surface area contributed by atoms with Gasteiger partial charge in [-0.25, -0.2) is 10.6 Å². The summed E-state index contributed by atoms with van der Waals surface area (Å²) in [6.45, 7) is 2.38. The molecule has 1 aromatic heterocycles. The Kier molecular flexibility index (Phi) is 16.8. The lowest BCUT2D eigenvalue weighted by atomic mass is 9.98. The molecule has 2 rings (SSSR count). The molecular formula is C26H49N9O3. The maximum absolute atomic E-state index is 11.9. The van der Waals surface area contributed by atoms with Gasteiger partial charge >= 0.3 is 5.97 Å². The predicted molar refractivity (Wildman–Crippen MR) is 147 cm³/mol. The van der Waals surface area contributed by atoms with Crippen LogP contribution in [0.4, 0.5) is 0 Å². The summed E-state index contributed by atoms with van der Waals surface area (Å²) in [5, 5.41) is 30.3. The summed E-state index contributed by atoms with van der Waals surface area (Å²) in [5.41, 5.74) is 8.48. The number of hydrogen-bond donors (Lipinski definition) is 6. The van der Waals surface area contributed by atoms with Crippen LogP contribution in [0.5, 0.6) is 0 Å². The number of aromatic nitrogens is 4. The summed E-state index contributed by atoms with van der Waals surface area (Å²) in [6, 6.07) is 0. The summed E-state index contributed by atoms with van der Waals surface area (Å²) in [6.07, 6.45) is 19.9. The third-order valence-electron chi connectivity index (χ3n) is 7.15. The zero-order chi connectivity index (χ0) is 27.3. The number of aromatic amines is 1. The second kappa shape index (κ2) is 20.2. The van der Waals surface area contributed by atoms with Gasteiger partial charge in [0.25, 0.3) is 0 Å². The van der Waals surface area contributed by atoms with Crippen molar-refractivity contribution in [1.82, 2.24) is 42.4 Å². The van der Waals surface area contributed by atoms with E-state index < -0.39 is 5.97 Å². The summed E-state index contributed by atoms with van der Waals surface area (Å²) in [5.74, 6) is 0.662. The predicted octanol–water partition coefficient (Wildman–Crippen LogP) is 4.07. The van der Waals surface area contributed by atoms with Crippen LogP contribution in [0.1, 0.15) is 134 Å². The Hall–Kier alpha value is -2.76. The molecule has 216 valence electrons. The van der Waals surface area contributed by atoms with Crippen molar-refractivity contribution in [3.05, 3.63) is 5.82 Å². The van der Waals surface area contributed by atoms with Gasteiger partial charge in [-0.1, -0.05) is 90.4 Å². The average molecular weight is 536 g/mol. The molecule has 0 aliphatic carbocycles. The Morgan fingerprint density at radius 1 is 0.842 bits per heavy atom. The van der Waals surface area contributed by atoms with Crippen molar-refractivity contribution in [2.24, 2.45) is 11.0 Å². The summed E-state index contributed by atoms with van der Waals surface area (Å²) >= 11 is 0. The third-order valence-corrected chi connectivity index (χ3v) is 7.15. The highest BCUT2D eigenvalue weighted by Gasteiger charge is 2.24. The number of nitrogens with zero attached hydrogens (tertiary/aromatic N) is 4. The highest BCUT2D eigenvalue weighted by atomic mass is 16.4. The van der Waals surface area contributed by atoms with Crippen LogP contribution in [0, 0.1) is 5.92 Å². The second-order valence-electron chi connectivity index (χ2n) is 10.4. The molecule has 1 aliphatic heterocycles. The van der Waals surface area contributed by atoms with Crippen LogP contribution in [-0.2, 0) is 9.59 Å². The Morgan fingerprint density at radius 2 is 1.45 bits per heavy atom. The number of rotatable bonds is 24. The molecule has 2 heterocycles. The maximum atomic E-state index is 11.9. The van der Waals surface area contributed by atoms with Crippen LogP contribution in [0.2, 0.25) is 0 Å². The van der Waals surface area contributed by atoms with Crippen molar-refractivity contribution in [2.45, 2.75) is 128 Å². The number of carboxylic acids is 1. The molecular weight excluding hydrogens is 486 g/mol. The normalized spacial score (nSPS) is 14.4. The number of hydrazone groups is 1. The van der Waals surface area contributed by atoms with E-state index >= 15 is 0 Å². The molecule has 1 aliphatic rings. The molecule has 38 heavy (non-hydrogen) atoms. The van der Waals surface area contributed by atoms with Gasteiger partial charge in [-0.3, -0.25) is 15.0 Å². The number of amides is 1. The van der Waals surface area contributed by atoms with Crippen LogP contribution in [0.15, 0.2) is 5.10 Å². The van der Waals surface area contributed by atoms with E-state index in [-0.39, 0.29) is 17.7 Å². The van der Waals surface area contributed by atoms with E-state index in [4.69, 9.17) is 5.11 Å². The van der Waals surface area contributed by atoms with E-state index in [0.717, 1.165) is 50.2 Å². The number of aliphatic carboxylic acids is 1. The van der Waals surface area contributed by atoms with Gasteiger partial charge in [0, 0.05) is 13.0 Å². The van der Waals surface area contributed by atoms with E-state index in [1.165, 1.54) is 64.2 Å². The van der Waals surface area contributed by atoms with Crippen molar-refractivity contribution in [3.8, 4) is 0 Å². The van der Waals surface area contributed by atoms with Gasteiger partial charge < -0.3 is 10.4 Å². The number of nitrogens with one attached hydrogen (secondary N) is 5. The number of carboxylic acid groups (broad SMARTS) is 1. The number of carbonyl (C=O) groups is 2. The molecule has 6 N–H and O–H groups in total. The highest BCUT2D eigenvalue weighted by Crippen LogP contribution is 2.21. The van der Waals surface area contributed by atoms with Gasteiger partial charge in [-0.2, -0.15) is 0 Å².